The van der Waals surface area contributed by atoms with Crippen LogP contribution in [0.4, 0.5) is 0 Å². The van der Waals surface area contributed by atoms with E-state index in [0.29, 0.717) is 12.8 Å². The summed E-state index contributed by atoms with van der Waals surface area (Å²) >= 11 is 0. The van der Waals surface area contributed by atoms with Crippen molar-refractivity contribution in [3.05, 3.63) is 41.5 Å². The second-order valence-electron chi connectivity index (χ2n) is 2.99. The molecule has 0 heterocycles. The Bertz CT molecular complexity index is 332. The van der Waals surface area contributed by atoms with Crippen LogP contribution >= 0.6 is 0 Å². The fraction of sp³-hybridized carbons (Fsp3) is 0.250. The van der Waals surface area contributed by atoms with Gasteiger partial charge in [-0.05, 0) is 17.5 Å². The Hall–Kier alpha value is -1.59. The van der Waals surface area contributed by atoms with E-state index in [1.54, 1.807) is 0 Å². The molecule has 0 unspecified atom stereocenters. The average molecular weight is 187 g/mol. The second-order valence-corrected chi connectivity index (χ2v) is 2.99. The van der Waals surface area contributed by atoms with E-state index in [4.69, 9.17) is 10.4 Å². The Labute approximate surface area is 84.1 Å². The number of nitrogens with zero attached hydrogens (tertiary/aromatic N) is 1. The van der Waals surface area contributed by atoms with Gasteiger partial charge in [-0.1, -0.05) is 36.4 Å². The van der Waals surface area contributed by atoms with Crippen molar-refractivity contribution in [3.63, 3.8) is 0 Å². The topological polar surface area (TPSA) is 44.0 Å². The quantitative estimate of drug-likeness (QED) is 0.784. The van der Waals surface area contributed by atoms with Gasteiger partial charge in [0.25, 0.3) is 0 Å². The fourth-order valence-electron chi connectivity index (χ4n) is 1.13. The number of hydrogen-bond acceptors (Lipinski definition) is 2. The molecular weight excluding hydrogens is 174 g/mol. The minimum absolute atomic E-state index is 0.184. The molecule has 14 heavy (non-hydrogen) atoms. The third kappa shape index (κ3) is 3.42. The highest BCUT2D eigenvalue weighted by Crippen LogP contribution is 2.06. The van der Waals surface area contributed by atoms with Crippen LogP contribution in [-0.4, -0.2) is 11.7 Å². The van der Waals surface area contributed by atoms with Gasteiger partial charge in [-0.15, -0.1) is 0 Å². The molecule has 2 heteroatoms. The molecule has 72 valence electrons. The molecule has 0 atom stereocenters. The summed E-state index contributed by atoms with van der Waals surface area (Å²) in [5.41, 5.74) is 2.13. The number of benzene rings is 1. The van der Waals surface area contributed by atoms with Crippen LogP contribution in [-0.2, 0) is 6.42 Å². The molecule has 0 radical (unpaired) electrons. The van der Waals surface area contributed by atoms with Gasteiger partial charge >= 0.3 is 0 Å². The largest absolute Gasteiger partial charge is 0.396 e. The summed E-state index contributed by atoms with van der Waals surface area (Å²) in [7, 11) is 0. The number of nitriles is 1. The normalized spacial score (nSPS) is 10.3. The first kappa shape index (κ1) is 10.5. The molecule has 1 aromatic carbocycles. The van der Waals surface area contributed by atoms with E-state index in [2.05, 4.69) is 6.07 Å². The zero-order valence-electron chi connectivity index (χ0n) is 7.98. The smallest absolute Gasteiger partial charge is 0.0669 e. The van der Waals surface area contributed by atoms with Crippen molar-refractivity contribution in [2.45, 2.75) is 12.8 Å². The van der Waals surface area contributed by atoms with Crippen molar-refractivity contribution >= 4 is 6.08 Å². The van der Waals surface area contributed by atoms with Gasteiger partial charge in [0.2, 0.25) is 0 Å². The summed E-state index contributed by atoms with van der Waals surface area (Å²) in [5.74, 6) is 0. The highest BCUT2D eigenvalue weighted by molar-refractivity contribution is 5.49. The van der Waals surface area contributed by atoms with Gasteiger partial charge in [0.05, 0.1) is 12.5 Å². The Morgan fingerprint density at radius 1 is 1.29 bits per heavy atom. The fourth-order valence-corrected chi connectivity index (χ4v) is 1.13. The van der Waals surface area contributed by atoms with E-state index in [0.717, 1.165) is 11.1 Å². The van der Waals surface area contributed by atoms with E-state index in [1.807, 2.05) is 36.4 Å². The van der Waals surface area contributed by atoms with Gasteiger partial charge in [0.15, 0.2) is 0 Å². The first-order chi connectivity index (χ1) is 6.86. The van der Waals surface area contributed by atoms with Gasteiger partial charge in [-0.25, -0.2) is 0 Å². The highest BCUT2D eigenvalue weighted by atomic mass is 16.2. The van der Waals surface area contributed by atoms with Crippen LogP contribution in [0.5, 0.6) is 0 Å². The van der Waals surface area contributed by atoms with Crippen molar-refractivity contribution in [3.8, 4) is 6.07 Å². The summed E-state index contributed by atoms with van der Waals surface area (Å²) < 4.78 is 0. The number of hydrogen-bond donors (Lipinski definition) is 1. The summed E-state index contributed by atoms with van der Waals surface area (Å²) in [6.45, 7) is 0.184. The van der Waals surface area contributed by atoms with Gasteiger partial charge in [0, 0.05) is 6.61 Å². The molecule has 1 rings (SSSR count). The van der Waals surface area contributed by atoms with E-state index in [9.17, 15) is 0 Å². The third-order valence-corrected chi connectivity index (χ3v) is 1.87. The van der Waals surface area contributed by atoms with Gasteiger partial charge < -0.3 is 5.11 Å². The molecule has 0 fully saturated rings. The monoisotopic (exact) mass is 187 g/mol. The van der Waals surface area contributed by atoms with E-state index in [1.165, 1.54) is 0 Å². The molecular formula is C12H13NO. The molecule has 0 aromatic heterocycles. The number of rotatable bonds is 4. The lowest BCUT2D eigenvalue weighted by Gasteiger charge is -1.95. The van der Waals surface area contributed by atoms with Crippen LogP contribution in [0.15, 0.2) is 30.3 Å². The molecule has 0 spiro atoms. The lowest BCUT2D eigenvalue weighted by molar-refractivity contribution is 0.303. The summed E-state index contributed by atoms with van der Waals surface area (Å²) in [6.07, 6.45) is 5.03. The third-order valence-electron chi connectivity index (χ3n) is 1.87. The van der Waals surface area contributed by atoms with E-state index < -0.39 is 0 Å². The maximum Gasteiger partial charge on any atom is 0.0669 e. The molecule has 0 aliphatic rings. The maximum atomic E-state index is 8.57. The van der Waals surface area contributed by atoms with Gasteiger partial charge in [-0.2, -0.15) is 5.26 Å². The van der Waals surface area contributed by atoms with Crippen molar-refractivity contribution in [2.24, 2.45) is 0 Å². The maximum absolute atomic E-state index is 8.57. The second kappa shape index (κ2) is 5.95. The number of aliphatic hydroxyl groups is 1. The van der Waals surface area contributed by atoms with Gasteiger partial charge in [0.1, 0.15) is 0 Å². The summed E-state index contributed by atoms with van der Waals surface area (Å²) in [5, 5.41) is 17.0. The van der Waals surface area contributed by atoms with Crippen molar-refractivity contribution in [2.75, 3.05) is 6.61 Å². The molecule has 1 N–H and O–H groups in total. The Balaban J connectivity index is 2.60. The van der Waals surface area contributed by atoms with Crippen molar-refractivity contribution < 1.29 is 5.11 Å². The molecule has 0 amide bonds. The lowest BCUT2D eigenvalue weighted by Crippen LogP contribution is -1.81. The standard InChI is InChI=1S/C12H13NO/c13-9-8-12-6-4-11(5-7-12)3-1-2-10-14/h1,3-7,14H,2,8,10H2. The van der Waals surface area contributed by atoms with Crippen LogP contribution in [0.3, 0.4) is 0 Å². The van der Waals surface area contributed by atoms with Crippen LogP contribution in [0, 0.1) is 11.3 Å². The first-order valence-electron chi connectivity index (χ1n) is 4.60. The first-order valence-corrected chi connectivity index (χ1v) is 4.60. The van der Waals surface area contributed by atoms with E-state index in [-0.39, 0.29) is 6.61 Å². The Morgan fingerprint density at radius 2 is 2.00 bits per heavy atom. The molecule has 0 bridgehead atoms. The SMILES string of the molecule is N#CCc1ccc(C=CCCO)cc1. The minimum Gasteiger partial charge on any atom is -0.396 e. The van der Waals surface area contributed by atoms with E-state index >= 15 is 0 Å². The van der Waals surface area contributed by atoms with Crippen LogP contribution < -0.4 is 0 Å². The van der Waals surface area contributed by atoms with Crippen LogP contribution in [0.1, 0.15) is 17.5 Å². The summed E-state index contributed by atoms with van der Waals surface area (Å²) in [4.78, 5) is 0. The Kier molecular flexibility index (Phi) is 4.46. The molecule has 0 saturated heterocycles. The van der Waals surface area contributed by atoms with Crippen LogP contribution in [0.25, 0.3) is 6.08 Å². The predicted molar refractivity (Wildman–Crippen MR) is 56.5 cm³/mol. The molecule has 2 nitrogen and oxygen atoms in total. The highest BCUT2D eigenvalue weighted by Gasteiger charge is 1.90. The number of aliphatic hydroxyl groups excluding tert-OH is 1. The van der Waals surface area contributed by atoms with Crippen molar-refractivity contribution in [1.29, 1.82) is 5.26 Å². The molecule has 0 aliphatic heterocycles. The molecule has 0 aliphatic carbocycles. The Morgan fingerprint density at radius 3 is 2.57 bits per heavy atom. The zero-order valence-corrected chi connectivity index (χ0v) is 7.98. The molecule has 1 aromatic rings. The zero-order chi connectivity index (χ0) is 10.2. The summed E-state index contributed by atoms with van der Waals surface area (Å²) in [6, 6.07) is 9.94. The van der Waals surface area contributed by atoms with Crippen molar-refractivity contribution in [1.82, 2.24) is 0 Å². The minimum atomic E-state index is 0.184. The lowest BCUT2D eigenvalue weighted by atomic mass is 10.1. The molecule has 0 saturated carbocycles. The average Bonchev–Trinajstić information content (AvgIpc) is 2.21. The van der Waals surface area contributed by atoms with Crippen LogP contribution in [0.2, 0.25) is 0 Å². The predicted octanol–water partition coefficient (Wildman–Crippen LogP) is 2.15. The van der Waals surface area contributed by atoms with Gasteiger partial charge in [-0.3, -0.25) is 0 Å².